The molecule has 12 aromatic heterocycles. The first-order valence-corrected chi connectivity index (χ1v) is 50.7. The zero-order valence-corrected chi connectivity index (χ0v) is 89.7. The maximum absolute atomic E-state index is 12.9. The Morgan fingerprint density at radius 1 is 0.400 bits per heavy atom. The van der Waals surface area contributed by atoms with Gasteiger partial charge in [0, 0.05) is 153 Å². The topological polar surface area (TPSA) is 486 Å². The van der Waals surface area contributed by atoms with Crippen molar-refractivity contribution in [2.45, 2.75) is 236 Å². The number of fused-ring (bicyclic) bond motifs is 6. The molecule has 2 aliphatic heterocycles. The second-order valence-corrected chi connectivity index (χ2v) is 40.9. The summed E-state index contributed by atoms with van der Waals surface area (Å²) in [6.45, 7) is 25.2. The summed E-state index contributed by atoms with van der Waals surface area (Å²) < 4.78 is 36.9. The first-order valence-electron chi connectivity index (χ1n) is 49.2. The molecule has 2 amide bonds. The second kappa shape index (κ2) is 50.5. The molecule has 14 heterocycles. The van der Waals surface area contributed by atoms with Crippen molar-refractivity contribution in [3.05, 3.63) is 293 Å². The molecule has 16 aromatic rings. The molecule has 22 rings (SSSR count). The standard InChI is InChI=1S/2C24H25N9O.C23H27N5O2.C19H19N5O2.C10H15IN2O2.C4H5IN2.CH3F.CH4.Li/c2*1-15-27-21(12-33(15)14-23(34)32-7-6-20-22(13-32)30-31-29-20)18-10-25-24(26-11-18)28-19-8-16-4-2-3-5-17(16)9-19;1-15-26-20(13-28(15)14-21(29)30-23(2,3)4)18-11-24-22(25-12-18)27-19-9-16-7-5-6-8-17(16)10-19;1-12-22-17(10-24(12)11-18(25)26)15-8-20-19(21-9-15)23-16-6-13-4-2-3-5-14(13)7-16;1-7-12-8(11)5-13(7)6-9(14)15-10(2,3)4;1-3-6-2-4(5)7-3;1-2;;/h2*2-5,10-12,19H,6-9,13-14H2,1H3,(H,25,26,28)(H,29,30,31);5-8,11-13,19H,9-10,14H2,1-4H3,(H,24,25,27);2-5,8-10,16H,6-7,11H2,1H3,(H,25,26)(H,20,21,23);5H,6H2,1-4H3;2H,1H3,(H,6,7);1H3;1H4;/q;;;;;;;;+1/p-1/i;;;;;;1D;;. The number of aromatic nitrogens is 26. The zero-order valence-electron chi connectivity index (χ0n) is 86.4. The van der Waals surface area contributed by atoms with Crippen LogP contribution in [-0.2, 0) is 143 Å². The van der Waals surface area contributed by atoms with Gasteiger partial charge in [-0.2, -0.15) is 30.8 Å². The average molecular weight is 2250 g/mol. The number of alkyl halides is 1. The number of halogens is 3. The van der Waals surface area contributed by atoms with Gasteiger partial charge in [-0.25, -0.2) is 69.8 Å². The van der Waals surface area contributed by atoms with Crippen LogP contribution in [0.1, 0.15) is 153 Å². The molecule has 0 bridgehead atoms. The van der Waals surface area contributed by atoms with Crippen LogP contribution in [0.2, 0.25) is 0 Å². The largest absolute Gasteiger partial charge is 1.00 e. The minimum absolute atomic E-state index is 0. The fourth-order valence-electron chi connectivity index (χ4n) is 18.1. The van der Waals surface area contributed by atoms with Crippen molar-refractivity contribution in [3.8, 4) is 45.0 Å². The number of hydrogen-bond donors (Lipinski definition) is 7. The average Bonchev–Trinajstić information content (AvgIpc) is 1.66. The number of nitrogens with zero attached hydrogens (tertiary/aromatic N) is 25. The predicted molar refractivity (Wildman–Crippen MR) is 574 cm³/mol. The Morgan fingerprint density at radius 2 is 0.660 bits per heavy atom. The van der Waals surface area contributed by atoms with Gasteiger partial charge in [-0.05, 0) is 224 Å². The number of amides is 2. The van der Waals surface area contributed by atoms with Crippen molar-refractivity contribution in [2.75, 3.05) is 41.5 Å². The normalized spacial score (nSPS) is 13.8. The number of carboxylic acid groups (broad SMARTS) is 1. The van der Waals surface area contributed by atoms with E-state index in [1.165, 1.54) is 49.1 Å². The van der Waals surface area contributed by atoms with Gasteiger partial charge >= 0.3 is 30.8 Å². The molecular weight excluding hydrogens is 2130 g/mol. The molecule has 150 heavy (non-hydrogen) atoms. The molecule has 0 unspecified atom stereocenters. The van der Waals surface area contributed by atoms with E-state index in [9.17, 15) is 33.5 Å². The number of aryl methyl sites for hydroxylation is 6. The van der Waals surface area contributed by atoms with Gasteiger partial charge in [-0.1, -0.05) is 104 Å². The molecule has 0 saturated carbocycles. The molecule has 4 aliphatic carbocycles. The van der Waals surface area contributed by atoms with Crippen LogP contribution < -0.4 is 45.2 Å². The van der Waals surface area contributed by atoms with Gasteiger partial charge in [-0.15, -0.1) is 0 Å². The molecule has 0 fully saturated rings. The third-order valence-corrected chi connectivity index (χ3v) is 26.3. The zero-order chi connectivity index (χ0) is 105. The molecule has 0 spiro atoms. The number of nitrogens with one attached hydrogen (secondary N) is 7. The van der Waals surface area contributed by atoms with Crippen LogP contribution in [0.25, 0.3) is 45.0 Å². The van der Waals surface area contributed by atoms with Gasteiger partial charge in [-0.3, -0.25) is 23.6 Å². The summed E-state index contributed by atoms with van der Waals surface area (Å²) in [6.07, 6.45) is 34.2. The minimum Gasteiger partial charge on any atom is -0.548 e. The fraction of sp³-hybridized carbons (Fsp3) is 0.368. The van der Waals surface area contributed by atoms with Crippen molar-refractivity contribution in [1.29, 1.82) is 0 Å². The van der Waals surface area contributed by atoms with Gasteiger partial charge in [0.05, 0.1) is 78.2 Å². The molecule has 40 nitrogen and oxygen atoms in total. The predicted octanol–water partition coefficient (Wildman–Crippen LogP) is 10.1. The summed E-state index contributed by atoms with van der Waals surface area (Å²) in [5, 5.41) is 46.2. The van der Waals surface area contributed by atoms with Crippen LogP contribution in [-0.4, -0.2) is 224 Å². The molecular formula is C106H122FI2LiN32O8. The first kappa shape index (κ1) is 109. The smallest absolute Gasteiger partial charge is 0.548 e. The van der Waals surface area contributed by atoms with E-state index in [2.05, 4.69) is 269 Å². The minimum atomic E-state index is -1.15. The van der Waals surface area contributed by atoms with Crippen molar-refractivity contribution in [2.24, 2.45) is 0 Å². The van der Waals surface area contributed by atoms with Gasteiger partial charge in [0.1, 0.15) is 87.4 Å². The number of carbonyl (C=O) groups excluding carboxylic acids is 5. The van der Waals surface area contributed by atoms with E-state index in [4.69, 9.17) is 10.8 Å². The summed E-state index contributed by atoms with van der Waals surface area (Å²) >= 11 is 4.30. The van der Waals surface area contributed by atoms with Gasteiger partial charge in [0.2, 0.25) is 35.6 Å². The van der Waals surface area contributed by atoms with Crippen LogP contribution in [0.3, 0.4) is 0 Å². The van der Waals surface area contributed by atoms with E-state index in [1.807, 2.05) is 120 Å². The van der Waals surface area contributed by atoms with E-state index in [-0.39, 0.29) is 82.8 Å². The Morgan fingerprint density at radius 3 is 0.900 bits per heavy atom. The Labute approximate surface area is 909 Å². The number of carboxylic acids is 1. The molecule has 7 N–H and O–H groups in total. The number of anilines is 4. The molecule has 776 valence electrons. The number of esters is 2. The number of benzene rings is 4. The van der Waals surface area contributed by atoms with Crippen LogP contribution in [0.4, 0.5) is 28.2 Å². The number of aromatic amines is 3. The van der Waals surface area contributed by atoms with Gasteiger partial charge in [0.25, 0.3) is 0 Å². The second-order valence-electron chi connectivity index (χ2n) is 38.6. The summed E-state index contributed by atoms with van der Waals surface area (Å²) in [6, 6.07) is 35.2. The van der Waals surface area contributed by atoms with Gasteiger partial charge < -0.3 is 78.3 Å². The van der Waals surface area contributed by atoms with E-state index >= 15 is 0 Å². The van der Waals surface area contributed by atoms with Crippen LogP contribution in [0, 0.1) is 48.9 Å². The molecule has 0 atom stereocenters. The number of ether oxygens (including phenoxy) is 2. The Balaban J connectivity index is 0.000000147. The molecule has 0 radical (unpaired) electrons. The van der Waals surface area contributed by atoms with Crippen LogP contribution in [0.5, 0.6) is 0 Å². The molecule has 0 saturated heterocycles. The number of hydrogen-bond acceptors (Lipinski definition) is 30. The first-order chi connectivity index (χ1) is 71.6. The number of aliphatic carboxylic acids is 1. The van der Waals surface area contributed by atoms with Crippen molar-refractivity contribution in [1.82, 2.24) is 138 Å². The van der Waals surface area contributed by atoms with E-state index in [1.54, 1.807) is 78.0 Å². The number of carbonyl (C=O) groups is 5. The van der Waals surface area contributed by atoms with Gasteiger partial charge in [0.15, 0.2) is 0 Å². The maximum Gasteiger partial charge on any atom is 1.00 e. The summed E-state index contributed by atoms with van der Waals surface area (Å²) in [5.74, 6) is 5.51. The summed E-state index contributed by atoms with van der Waals surface area (Å²) in [4.78, 5) is 129. The molecule has 44 heteroatoms. The fourth-order valence-corrected chi connectivity index (χ4v) is 19.3. The Hall–Kier alpha value is -14.7. The van der Waals surface area contributed by atoms with Crippen molar-refractivity contribution >= 4 is 98.7 Å². The summed E-state index contributed by atoms with van der Waals surface area (Å²) in [5.41, 5.74) is 19.8. The maximum atomic E-state index is 12.9. The summed E-state index contributed by atoms with van der Waals surface area (Å²) in [7, 11) is -1.00. The van der Waals surface area contributed by atoms with Crippen molar-refractivity contribution in [3.63, 3.8) is 0 Å². The monoisotopic (exact) mass is 2250 g/mol. The van der Waals surface area contributed by atoms with E-state index < -0.39 is 24.3 Å². The Bertz CT molecular complexity index is 6990. The van der Waals surface area contributed by atoms with E-state index in [0.29, 0.717) is 85.7 Å². The van der Waals surface area contributed by atoms with E-state index in [0.717, 1.165) is 163 Å². The molecule has 4 aromatic carbocycles. The Kier molecular flexibility index (Phi) is 36.9. The quantitative estimate of drug-likeness (QED) is 0.0188. The molecule has 6 aliphatic rings. The van der Waals surface area contributed by atoms with Crippen molar-refractivity contribution < 1.29 is 63.2 Å². The third-order valence-electron chi connectivity index (χ3n) is 25.2. The third kappa shape index (κ3) is 30.1. The number of H-pyrrole nitrogens is 3. The number of rotatable bonds is 22. The number of imidazole rings is 6. The van der Waals surface area contributed by atoms with Crippen LogP contribution >= 0.6 is 45.2 Å². The van der Waals surface area contributed by atoms with Crippen LogP contribution in [0.15, 0.2) is 184 Å². The SMILES string of the molecule is C.Cc1nc(-c2cnc(NC3Cc4ccccc4C3)nc2)cn1CC(=O)N1CCc2n[nH]nc2C1.Cc1nc(-c2cnc(NC3Cc4ccccc4C3)nc2)cn1CC(=O)N1CCc2n[nH]nc2C1.Cc1nc(-c2cnc(NC3Cc4ccccc4C3)nc2)cn1CC(=O)OC(C)(C)C.Cc1nc(-c2cnc(NC3Cc4ccccc4C3)nc2)cn1CC(=O)[O-].Cc1nc(I)cn1CC(=O)OC(C)(C)C.Cc1ncc(I)[nH]1.[2H]CF.[Li+].